The third kappa shape index (κ3) is 6.18. The molecule has 0 aliphatic carbocycles. The van der Waals surface area contributed by atoms with Crippen molar-refractivity contribution in [3.8, 4) is 11.4 Å². The van der Waals surface area contributed by atoms with Crippen molar-refractivity contribution >= 4 is 17.6 Å². The fourth-order valence-electron chi connectivity index (χ4n) is 4.37. The van der Waals surface area contributed by atoms with Gasteiger partial charge in [-0.1, -0.05) is 62.3 Å². The van der Waals surface area contributed by atoms with E-state index in [9.17, 15) is 9.59 Å². The Labute approximate surface area is 212 Å². The number of aromatic nitrogens is 2. The molecule has 0 radical (unpaired) electrons. The molecule has 8 nitrogen and oxygen atoms in total. The van der Waals surface area contributed by atoms with Gasteiger partial charge in [0.05, 0.1) is 30.3 Å². The normalized spacial score (nSPS) is 16.5. The standard InChI is InChI=1S/C28H34N4O4/c1-5-35-27(34)22-10-6-7-11-23(22)29-26(33)20-9-8-16-32(17-20)18-24-30-25(31-36-24)19-12-14-21(15-13-19)28(2,3)4/h6-7,10-15,20H,5,8-9,16-18H2,1-4H3,(H,29,33). The lowest BCUT2D eigenvalue weighted by Crippen LogP contribution is -2.40. The Morgan fingerprint density at radius 1 is 1.14 bits per heavy atom. The molecule has 4 rings (SSSR count). The zero-order valence-corrected chi connectivity index (χ0v) is 21.4. The van der Waals surface area contributed by atoms with Crippen molar-refractivity contribution in [2.75, 3.05) is 25.0 Å². The molecule has 1 fully saturated rings. The van der Waals surface area contributed by atoms with Crippen LogP contribution in [0.5, 0.6) is 0 Å². The van der Waals surface area contributed by atoms with Crippen LogP contribution in [0.25, 0.3) is 11.4 Å². The summed E-state index contributed by atoms with van der Waals surface area (Å²) < 4.78 is 10.6. The maximum atomic E-state index is 13.0. The number of benzene rings is 2. The smallest absolute Gasteiger partial charge is 0.340 e. The lowest BCUT2D eigenvalue weighted by Gasteiger charge is -2.31. The molecule has 1 amide bonds. The quantitative estimate of drug-likeness (QED) is 0.462. The number of piperidine rings is 1. The molecule has 2 heterocycles. The molecule has 1 saturated heterocycles. The summed E-state index contributed by atoms with van der Waals surface area (Å²) in [5.41, 5.74) is 3.07. The van der Waals surface area contributed by atoms with E-state index in [4.69, 9.17) is 9.26 Å². The minimum Gasteiger partial charge on any atom is -0.462 e. The Balaban J connectivity index is 1.37. The predicted molar refractivity (Wildman–Crippen MR) is 137 cm³/mol. The highest BCUT2D eigenvalue weighted by atomic mass is 16.5. The minimum absolute atomic E-state index is 0.0823. The molecular formula is C28H34N4O4. The van der Waals surface area contributed by atoms with E-state index in [0.717, 1.165) is 24.9 Å². The SMILES string of the molecule is CCOC(=O)c1ccccc1NC(=O)C1CCCN(Cc2nc(-c3ccc(C(C)(C)C)cc3)no2)C1. The Kier molecular flexibility index (Phi) is 7.84. The monoisotopic (exact) mass is 490 g/mol. The number of para-hydroxylation sites is 1. The molecule has 1 aromatic heterocycles. The first kappa shape index (κ1) is 25.6. The molecule has 1 unspecified atom stereocenters. The highest BCUT2D eigenvalue weighted by molar-refractivity contribution is 6.01. The molecule has 1 aliphatic heterocycles. The van der Waals surface area contributed by atoms with Crippen LogP contribution in [0.15, 0.2) is 53.1 Å². The molecule has 190 valence electrons. The molecule has 8 heteroatoms. The number of likely N-dealkylation sites (tertiary alicyclic amines) is 1. The van der Waals surface area contributed by atoms with Crippen LogP contribution in [0.4, 0.5) is 5.69 Å². The largest absolute Gasteiger partial charge is 0.462 e. The number of anilines is 1. The van der Waals surface area contributed by atoms with Gasteiger partial charge < -0.3 is 14.6 Å². The maximum Gasteiger partial charge on any atom is 0.340 e. The number of esters is 1. The first-order valence-electron chi connectivity index (χ1n) is 12.5. The van der Waals surface area contributed by atoms with Gasteiger partial charge in [0.2, 0.25) is 17.6 Å². The van der Waals surface area contributed by atoms with Crippen LogP contribution in [0.1, 0.15) is 62.3 Å². The van der Waals surface area contributed by atoms with E-state index >= 15 is 0 Å². The van der Waals surface area contributed by atoms with Gasteiger partial charge >= 0.3 is 5.97 Å². The Bertz CT molecular complexity index is 1200. The van der Waals surface area contributed by atoms with Crippen molar-refractivity contribution in [1.29, 1.82) is 0 Å². The average molecular weight is 491 g/mol. The van der Waals surface area contributed by atoms with Crippen LogP contribution in [0.3, 0.4) is 0 Å². The number of carbonyl (C=O) groups is 2. The van der Waals surface area contributed by atoms with Crippen molar-refractivity contribution < 1.29 is 18.8 Å². The van der Waals surface area contributed by atoms with Gasteiger partial charge in [-0.25, -0.2) is 4.79 Å². The van der Waals surface area contributed by atoms with Crippen molar-refractivity contribution in [2.24, 2.45) is 5.92 Å². The molecule has 0 saturated carbocycles. The second-order valence-corrected chi connectivity index (χ2v) is 10.2. The first-order valence-corrected chi connectivity index (χ1v) is 12.5. The van der Waals surface area contributed by atoms with Gasteiger partial charge in [-0.05, 0) is 49.4 Å². The van der Waals surface area contributed by atoms with Gasteiger partial charge in [0, 0.05) is 12.1 Å². The summed E-state index contributed by atoms with van der Waals surface area (Å²) in [5.74, 6) is 0.327. The topological polar surface area (TPSA) is 97.6 Å². The van der Waals surface area contributed by atoms with Crippen LogP contribution in [-0.2, 0) is 21.5 Å². The van der Waals surface area contributed by atoms with E-state index in [2.05, 4.69) is 53.3 Å². The van der Waals surface area contributed by atoms with E-state index in [0.29, 0.717) is 36.1 Å². The number of hydrogen-bond acceptors (Lipinski definition) is 7. The van der Waals surface area contributed by atoms with Crippen LogP contribution >= 0.6 is 0 Å². The Morgan fingerprint density at radius 3 is 2.61 bits per heavy atom. The molecule has 2 aromatic carbocycles. The number of nitrogens with one attached hydrogen (secondary N) is 1. The highest BCUT2D eigenvalue weighted by Crippen LogP contribution is 2.26. The number of hydrogen-bond donors (Lipinski definition) is 1. The van der Waals surface area contributed by atoms with E-state index in [1.54, 1.807) is 31.2 Å². The number of ether oxygens (including phenoxy) is 1. The summed E-state index contributed by atoms with van der Waals surface area (Å²) in [4.78, 5) is 32.0. The van der Waals surface area contributed by atoms with Gasteiger partial charge in [0.25, 0.3) is 0 Å². The second-order valence-electron chi connectivity index (χ2n) is 10.2. The summed E-state index contributed by atoms with van der Waals surface area (Å²) >= 11 is 0. The van der Waals surface area contributed by atoms with Crippen molar-refractivity contribution in [2.45, 2.75) is 52.5 Å². The number of rotatable bonds is 7. The van der Waals surface area contributed by atoms with E-state index in [1.165, 1.54) is 5.56 Å². The molecule has 0 spiro atoms. The fraction of sp³-hybridized carbons (Fsp3) is 0.429. The molecule has 1 atom stereocenters. The molecule has 3 aromatic rings. The zero-order valence-electron chi connectivity index (χ0n) is 21.4. The Hall–Kier alpha value is -3.52. The van der Waals surface area contributed by atoms with Gasteiger partial charge in [0.15, 0.2) is 0 Å². The Morgan fingerprint density at radius 2 is 1.89 bits per heavy atom. The van der Waals surface area contributed by atoms with E-state index in [-0.39, 0.29) is 23.8 Å². The number of amides is 1. The third-order valence-corrected chi connectivity index (χ3v) is 6.39. The predicted octanol–water partition coefficient (Wildman–Crippen LogP) is 5.06. The van der Waals surface area contributed by atoms with E-state index < -0.39 is 5.97 Å². The summed E-state index contributed by atoms with van der Waals surface area (Å²) in [6.45, 7) is 10.5. The molecule has 36 heavy (non-hydrogen) atoms. The van der Waals surface area contributed by atoms with Crippen LogP contribution in [0.2, 0.25) is 0 Å². The van der Waals surface area contributed by atoms with Gasteiger partial charge in [-0.2, -0.15) is 4.98 Å². The van der Waals surface area contributed by atoms with E-state index in [1.807, 2.05) is 12.1 Å². The lowest BCUT2D eigenvalue weighted by atomic mass is 9.87. The van der Waals surface area contributed by atoms with Crippen molar-refractivity contribution in [3.63, 3.8) is 0 Å². The number of nitrogens with zero attached hydrogens (tertiary/aromatic N) is 3. The second kappa shape index (κ2) is 11.0. The summed E-state index contributed by atoms with van der Waals surface area (Å²) in [7, 11) is 0. The fourth-order valence-corrected chi connectivity index (χ4v) is 4.37. The zero-order chi connectivity index (χ0) is 25.7. The molecule has 0 bridgehead atoms. The third-order valence-electron chi connectivity index (χ3n) is 6.39. The van der Waals surface area contributed by atoms with Gasteiger partial charge in [0.1, 0.15) is 0 Å². The summed E-state index contributed by atoms with van der Waals surface area (Å²) in [6, 6.07) is 15.1. The minimum atomic E-state index is -0.445. The first-order chi connectivity index (χ1) is 17.2. The molecule has 1 N–H and O–H groups in total. The van der Waals surface area contributed by atoms with Crippen LogP contribution < -0.4 is 5.32 Å². The summed E-state index contributed by atoms with van der Waals surface area (Å²) in [6.07, 6.45) is 1.66. The van der Waals surface area contributed by atoms with Crippen LogP contribution in [-0.4, -0.2) is 46.6 Å². The highest BCUT2D eigenvalue weighted by Gasteiger charge is 2.28. The molecular weight excluding hydrogens is 456 g/mol. The maximum absolute atomic E-state index is 13.0. The van der Waals surface area contributed by atoms with Gasteiger partial charge in [-0.15, -0.1) is 0 Å². The summed E-state index contributed by atoms with van der Waals surface area (Å²) in [5, 5.41) is 7.09. The van der Waals surface area contributed by atoms with Gasteiger partial charge in [-0.3, -0.25) is 9.69 Å². The molecule has 1 aliphatic rings. The van der Waals surface area contributed by atoms with Crippen molar-refractivity contribution in [3.05, 3.63) is 65.5 Å². The van der Waals surface area contributed by atoms with Crippen LogP contribution in [0, 0.1) is 5.92 Å². The average Bonchev–Trinajstić information content (AvgIpc) is 3.32. The number of carbonyl (C=O) groups excluding carboxylic acids is 2. The lowest BCUT2D eigenvalue weighted by molar-refractivity contribution is -0.121. The van der Waals surface area contributed by atoms with Crippen molar-refractivity contribution in [1.82, 2.24) is 15.0 Å².